The van der Waals surface area contributed by atoms with Crippen molar-refractivity contribution in [3.63, 3.8) is 0 Å². The highest BCUT2D eigenvalue weighted by Gasteiger charge is 2.13. The molecular weight excluding hydrogens is 450 g/mol. The predicted molar refractivity (Wildman–Crippen MR) is 138 cm³/mol. The standard InChI is InChI=1S/C26H25N3O4S/c1-3-33-20-15-13-19(14-16-20)27-25(31)21-9-5-6-10-22(21)28-26(34)29-24(30)17-12-18-8-4-7-11-23(18)32-2/h4-17H,3H2,1-2H3,(H,27,31)(H2,28,29,30,34). The Morgan fingerprint density at radius 1 is 0.941 bits per heavy atom. The Labute approximate surface area is 203 Å². The van der Waals surface area contributed by atoms with Gasteiger partial charge >= 0.3 is 0 Å². The van der Waals surface area contributed by atoms with Crippen molar-refractivity contribution in [2.45, 2.75) is 6.92 Å². The van der Waals surface area contributed by atoms with Gasteiger partial charge in [0, 0.05) is 17.3 Å². The molecule has 0 fully saturated rings. The number of benzene rings is 3. The van der Waals surface area contributed by atoms with E-state index >= 15 is 0 Å². The fraction of sp³-hybridized carbons (Fsp3) is 0.115. The summed E-state index contributed by atoms with van der Waals surface area (Å²) < 4.78 is 10.7. The zero-order valence-corrected chi connectivity index (χ0v) is 19.6. The van der Waals surface area contributed by atoms with Crippen LogP contribution in [0.4, 0.5) is 11.4 Å². The van der Waals surface area contributed by atoms with Crippen LogP contribution < -0.4 is 25.4 Å². The van der Waals surface area contributed by atoms with Crippen LogP contribution in [0.1, 0.15) is 22.8 Å². The molecule has 3 rings (SSSR count). The maximum atomic E-state index is 12.8. The number of hydrogen-bond donors (Lipinski definition) is 3. The number of rotatable bonds is 8. The fourth-order valence-corrected chi connectivity index (χ4v) is 3.28. The minimum atomic E-state index is -0.417. The Bertz CT molecular complexity index is 1190. The molecule has 34 heavy (non-hydrogen) atoms. The first-order chi connectivity index (χ1) is 16.5. The minimum absolute atomic E-state index is 0.0657. The molecule has 0 radical (unpaired) electrons. The number of carbonyl (C=O) groups excluding carboxylic acids is 2. The van der Waals surface area contributed by atoms with Gasteiger partial charge in [0.2, 0.25) is 5.91 Å². The Kier molecular flexibility index (Phi) is 8.76. The van der Waals surface area contributed by atoms with E-state index in [9.17, 15) is 9.59 Å². The smallest absolute Gasteiger partial charge is 0.257 e. The summed E-state index contributed by atoms with van der Waals surface area (Å²) in [7, 11) is 1.56. The van der Waals surface area contributed by atoms with E-state index in [-0.39, 0.29) is 11.0 Å². The van der Waals surface area contributed by atoms with E-state index in [1.807, 2.05) is 25.1 Å². The molecule has 0 aliphatic rings. The zero-order valence-electron chi connectivity index (χ0n) is 18.8. The second kappa shape index (κ2) is 12.2. The van der Waals surface area contributed by atoms with Crippen LogP contribution in [0.5, 0.6) is 11.5 Å². The first kappa shape index (κ1) is 24.5. The normalized spacial score (nSPS) is 10.4. The molecule has 0 aliphatic carbocycles. The third kappa shape index (κ3) is 6.91. The third-order valence-corrected chi connectivity index (χ3v) is 4.84. The molecule has 2 amide bonds. The van der Waals surface area contributed by atoms with Crippen LogP contribution in [0.15, 0.2) is 78.9 Å². The van der Waals surface area contributed by atoms with Gasteiger partial charge in [-0.15, -0.1) is 0 Å². The second-order valence-corrected chi connectivity index (χ2v) is 7.38. The summed E-state index contributed by atoms with van der Waals surface area (Å²) in [4.78, 5) is 25.1. The first-order valence-electron chi connectivity index (χ1n) is 10.6. The molecule has 0 aromatic heterocycles. The Morgan fingerprint density at radius 3 is 2.38 bits per heavy atom. The van der Waals surface area contributed by atoms with Crippen molar-refractivity contribution in [1.82, 2.24) is 5.32 Å². The van der Waals surface area contributed by atoms with Crippen LogP contribution in [0, 0.1) is 0 Å². The Hall–Kier alpha value is -4.17. The highest BCUT2D eigenvalue weighted by atomic mass is 32.1. The van der Waals surface area contributed by atoms with Crippen molar-refractivity contribution in [2.24, 2.45) is 0 Å². The quantitative estimate of drug-likeness (QED) is 0.318. The van der Waals surface area contributed by atoms with E-state index in [1.165, 1.54) is 6.08 Å². The highest BCUT2D eigenvalue weighted by Crippen LogP contribution is 2.20. The van der Waals surface area contributed by atoms with E-state index in [0.717, 1.165) is 11.3 Å². The van der Waals surface area contributed by atoms with Gasteiger partial charge in [0.05, 0.1) is 25.0 Å². The van der Waals surface area contributed by atoms with Crippen LogP contribution >= 0.6 is 12.2 Å². The fourth-order valence-electron chi connectivity index (χ4n) is 3.07. The Balaban J connectivity index is 1.62. The van der Waals surface area contributed by atoms with Gasteiger partial charge in [-0.1, -0.05) is 30.3 Å². The molecule has 3 aromatic carbocycles. The van der Waals surface area contributed by atoms with Gasteiger partial charge in [-0.05, 0) is 67.7 Å². The van der Waals surface area contributed by atoms with Crippen molar-refractivity contribution < 1.29 is 19.1 Å². The lowest BCUT2D eigenvalue weighted by Gasteiger charge is -2.13. The zero-order chi connectivity index (χ0) is 24.3. The largest absolute Gasteiger partial charge is 0.496 e. The van der Waals surface area contributed by atoms with Crippen LogP contribution in [-0.4, -0.2) is 30.6 Å². The molecule has 0 saturated carbocycles. The summed E-state index contributed by atoms with van der Waals surface area (Å²) in [5.74, 6) is 0.639. The average molecular weight is 476 g/mol. The van der Waals surface area contributed by atoms with Gasteiger partial charge in [0.25, 0.3) is 5.91 Å². The molecule has 0 heterocycles. The molecule has 3 N–H and O–H groups in total. The second-order valence-electron chi connectivity index (χ2n) is 6.98. The number of amides is 2. The number of ether oxygens (including phenoxy) is 2. The lowest BCUT2D eigenvalue weighted by molar-refractivity contribution is -0.115. The minimum Gasteiger partial charge on any atom is -0.496 e. The first-order valence-corrected chi connectivity index (χ1v) is 11.0. The summed E-state index contributed by atoms with van der Waals surface area (Å²) in [6.07, 6.45) is 2.99. The van der Waals surface area contributed by atoms with E-state index in [1.54, 1.807) is 67.8 Å². The molecule has 0 unspecified atom stereocenters. The van der Waals surface area contributed by atoms with Crippen molar-refractivity contribution >= 4 is 46.6 Å². The lowest BCUT2D eigenvalue weighted by Crippen LogP contribution is -2.33. The van der Waals surface area contributed by atoms with Crippen LogP contribution in [0.25, 0.3) is 6.08 Å². The topological polar surface area (TPSA) is 88.7 Å². The predicted octanol–water partition coefficient (Wildman–Crippen LogP) is 4.87. The van der Waals surface area contributed by atoms with Crippen LogP contribution in [0.2, 0.25) is 0 Å². The average Bonchev–Trinajstić information content (AvgIpc) is 2.84. The number of carbonyl (C=O) groups is 2. The summed E-state index contributed by atoms with van der Waals surface area (Å²) in [5, 5.41) is 8.40. The number of thiocarbonyl (C=S) groups is 1. The number of nitrogens with one attached hydrogen (secondary N) is 3. The number of hydrogen-bond acceptors (Lipinski definition) is 5. The Morgan fingerprint density at radius 2 is 1.65 bits per heavy atom. The number of para-hydroxylation sites is 2. The molecule has 3 aromatic rings. The molecule has 0 spiro atoms. The van der Waals surface area contributed by atoms with Crippen molar-refractivity contribution in [3.8, 4) is 11.5 Å². The molecule has 0 saturated heterocycles. The van der Waals surface area contributed by atoms with E-state index in [2.05, 4.69) is 16.0 Å². The highest BCUT2D eigenvalue weighted by molar-refractivity contribution is 7.80. The van der Waals surface area contributed by atoms with E-state index in [0.29, 0.717) is 29.3 Å². The maximum Gasteiger partial charge on any atom is 0.257 e. The molecule has 8 heteroatoms. The third-order valence-electron chi connectivity index (χ3n) is 4.63. The van der Waals surface area contributed by atoms with Crippen molar-refractivity contribution in [2.75, 3.05) is 24.4 Å². The summed E-state index contributed by atoms with van der Waals surface area (Å²) in [6, 6.07) is 21.3. The summed E-state index contributed by atoms with van der Waals surface area (Å²) >= 11 is 5.26. The molecule has 0 atom stereocenters. The SMILES string of the molecule is CCOc1ccc(NC(=O)c2ccccc2NC(=S)NC(=O)C=Cc2ccccc2OC)cc1. The molecule has 174 valence electrons. The number of anilines is 2. The van der Waals surface area contributed by atoms with Gasteiger partial charge in [0.1, 0.15) is 11.5 Å². The van der Waals surface area contributed by atoms with Crippen molar-refractivity contribution in [1.29, 1.82) is 0 Å². The van der Waals surface area contributed by atoms with Gasteiger partial charge in [-0.25, -0.2) is 0 Å². The summed E-state index contributed by atoms with van der Waals surface area (Å²) in [6.45, 7) is 2.47. The molecule has 7 nitrogen and oxygen atoms in total. The van der Waals surface area contributed by atoms with Gasteiger partial charge in [-0.2, -0.15) is 0 Å². The summed E-state index contributed by atoms with van der Waals surface area (Å²) in [5.41, 5.74) is 2.22. The van der Waals surface area contributed by atoms with Gasteiger partial charge in [-0.3, -0.25) is 14.9 Å². The van der Waals surface area contributed by atoms with Crippen LogP contribution in [-0.2, 0) is 4.79 Å². The van der Waals surface area contributed by atoms with E-state index in [4.69, 9.17) is 21.7 Å². The number of methoxy groups -OCH3 is 1. The van der Waals surface area contributed by atoms with E-state index < -0.39 is 5.91 Å². The molecule has 0 bridgehead atoms. The lowest BCUT2D eigenvalue weighted by atomic mass is 10.1. The molecule has 0 aliphatic heterocycles. The van der Waals surface area contributed by atoms with Crippen LogP contribution in [0.3, 0.4) is 0 Å². The molecular formula is C26H25N3O4S. The maximum absolute atomic E-state index is 12.8. The monoisotopic (exact) mass is 475 g/mol. The van der Waals surface area contributed by atoms with Gasteiger partial charge < -0.3 is 20.1 Å². The van der Waals surface area contributed by atoms with Crippen molar-refractivity contribution in [3.05, 3.63) is 90.0 Å². The van der Waals surface area contributed by atoms with Gasteiger partial charge in [0.15, 0.2) is 5.11 Å².